The Morgan fingerprint density at radius 2 is 1.73 bits per heavy atom. The molecule has 1 aromatic rings. The maximum absolute atomic E-state index is 13.2. The fourth-order valence-electron chi connectivity index (χ4n) is 5.08. The lowest BCUT2D eigenvalue weighted by Crippen LogP contribution is -2.28. The second-order valence-corrected chi connectivity index (χ2v) is 11.8. The first-order valence-corrected chi connectivity index (χ1v) is 13.7. The zero-order chi connectivity index (χ0) is 23.0. The molecule has 0 amide bonds. The van der Waals surface area contributed by atoms with Gasteiger partial charge in [-0.3, -0.25) is 0 Å². The molecule has 4 aliphatic rings. The number of hydrogen-bond donors (Lipinski definition) is 1. The van der Waals surface area contributed by atoms with Crippen LogP contribution in [0.2, 0.25) is 0 Å². The summed E-state index contributed by atoms with van der Waals surface area (Å²) in [6.07, 6.45) is 11.5. The minimum atomic E-state index is -3.37. The molecule has 1 aromatic carbocycles. The first kappa shape index (κ1) is 22.3. The third kappa shape index (κ3) is 4.23. The van der Waals surface area contributed by atoms with Gasteiger partial charge in [0.05, 0.1) is 22.4 Å². The van der Waals surface area contributed by atoms with Gasteiger partial charge >= 0.3 is 0 Å². The molecular weight excluding hydrogens is 436 g/mol. The number of pyridine rings is 1. The first-order chi connectivity index (χ1) is 15.9. The highest BCUT2D eigenvalue weighted by Gasteiger charge is 2.33. The first-order valence-electron chi connectivity index (χ1n) is 12.1. The summed E-state index contributed by atoms with van der Waals surface area (Å²) in [6, 6.07) is 8.99. The Labute approximate surface area is 195 Å². The predicted molar refractivity (Wildman–Crippen MR) is 128 cm³/mol. The van der Waals surface area contributed by atoms with Gasteiger partial charge in [0.25, 0.3) is 0 Å². The van der Waals surface area contributed by atoms with E-state index in [4.69, 9.17) is 4.74 Å². The lowest BCUT2D eigenvalue weighted by Gasteiger charge is -2.26. The van der Waals surface area contributed by atoms with Gasteiger partial charge in [0.1, 0.15) is 5.75 Å². The van der Waals surface area contributed by atoms with Crippen LogP contribution < -0.4 is 4.74 Å². The molecular formula is C26H32N2O4S. The lowest BCUT2D eigenvalue weighted by atomic mass is 9.98. The van der Waals surface area contributed by atoms with Crippen LogP contribution in [0, 0.1) is 12.8 Å². The van der Waals surface area contributed by atoms with Crippen molar-refractivity contribution in [1.82, 2.24) is 9.71 Å². The molecule has 7 heteroatoms. The molecule has 0 spiro atoms. The van der Waals surface area contributed by atoms with Gasteiger partial charge in [-0.05, 0) is 74.4 Å². The summed E-state index contributed by atoms with van der Waals surface area (Å²) in [4.78, 5) is 4.64. The van der Waals surface area contributed by atoms with E-state index in [0.29, 0.717) is 34.7 Å². The Morgan fingerprint density at radius 1 is 0.970 bits per heavy atom. The SMILES string of the molecule is Cc1cc(-c2cc(S(=O)(=O)C3CCC3)ccc2OCC2CCCCCC2)c2ccnc-2n1O. The Hall–Kier alpha value is -2.54. The topological polar surface area (TPSA) is 81.4 Å². The highest BCUT2D eigenvalue weighted by molar-refractivity contribution is 7.92. The largest absolute Gasteiger partial charge is 0.493 e. The number of aryl methyl sites for hydroxylation is 1. The fraction of sp³-hybridized carbons (Fsp3) is 0.500. The number of fused-ring (bicyclic) bond motifs is 1. The maximum Gasteiger partial charge on any atom is 0.181 e. The highest BCUT2D eigenvalue weighted by atomic mass is 32.2. The second-order valence-electron chi connectivity index (χ2n) is 9.62. The van der Waals surface area contributed by atoms with E-state index in [1.165, 1.54) is 38.5 Å². The van der Waals surface area contributed by atoms with Crippen molar-refractivity contribution in [2.45, 2.75) is 74.9 Å². The Morgan fingerprint density at radius 3 is 2.42 bits per heavy atom. The Bertz CT molecular complexity index is 1200. The molecule has 2 aliphatic carbocycles. The summed E-state index contributed by atoms with van der Waals surface area (Å²) in [7, 11) is -3.37. The summed E-state index contributed by atoms with van der Waals surface area (Å²) in [5.41, 5.74) is 2.95. The van der Waals surface area contributed by atoms with Crippen molar-refractivity contribution in [1.29, 1.82) is 0 Å². The van der Waals surface area contributed by atoms with Crippen molar-refractivity contribution >= 4 is 9.84 Å². The van der Waals surface area contributed by atoms with Crippen LogP contribution in [-0.4, -0.2) is 35.2 Å². The molecule has 0 unspecified atom stereocenters. The number of aromatic nitrogens is 2. The highest BCUT2D eigenvalue weighted by Crippen LogP contribution is 2.41. The average Bonchev–Trinajstić information content (AvgIpc) is 3.10. The summed E-state index contributed by atoms with van der Waals surface area (Å²) < 4.78 is 33.8. The standard InChI is InChI=1S/C26H32N2O4S/c1-18-15-23(22-13-14-27-26(22)28(18)29)24-16-21(33(30,31)20-9-6-10-20)11-12-25(24)32-17-19-7-4-2-3-5-8-19/h11-16,19-20,29H,2-10,17H2,1H3. The lowest BCUT2D eigenvalue weighted by molar-refractivity contribution is 0.180. The molecule has 176 valence electrons. The normalized spacial score (nSPS) is 18.2. The summed E-state index contributed by atoms with van der Waals surface area (Å²) in [6.45, 7) is 2.44. The van der Waals surface area contributed by atoms with Gasteiger partial charge in [-0.15, -0.1) is 0 Å². The molecule has 0 aromatic heterocycles. The number of nitrogens with zero attached hydrogens (tertiary/aromatic N) is 2. The fourth-order valence-corrected chi connectivity index (χ4v) is 6.96. The Kier molecular flexibility index (Phi) is 6.08. The van der Waals surface area contributed by atoms with Gasteiger partial charge in [0.15, 0.2) is 15.7 Å². The number of benzene rings is 1. The van der Waals surface area contributed by atoms with Crippen molar-refractivity contribution in [3.8, 4) is 28.3 Å². The van der Waals surface area contributed by atoms with Gasteiger partial charge in [0.2, 0.25) is 0 Å². The smallest absolute Gasteiger partial charge is 0.181 e. The molecule has 0 radical (unpaired) electrons. The van der Waals surface area contributed by atoms with E-state index >= 15 is 0 Å². The monoisotopic (exact) mass is 468 g/mol. The molecule has 1 N–H and O–H groups in total. The van der Waals surface area contributed by atoms with Crippen molar-refractivity contribution < 1.29 is 18.4 Å². The molecule has 2 aliphatic heterocycles. The minimum absolute atomic E-state index is 0.291. The minimum Gasteiger partial charge on any atom is -0.493 e. The van der Waals surface area contributed by atoms with Gasteiger partial charge < -0.3 is 9.94 Å². The van der Waals surface area contributed by atoms with Gasteiger partial charge in [0, 0.05) is 17.3 Å². The third-order valence-electron chi connectivity index (χ3n) is 7.37. The molecule has 6 nitrogen and oxygen atoms in total. The molecule has 2 heterocycles. The van der Waals surface area contributed by atoms with Crippen molar-refractivity contribution in [2.75, 3.05) is 6.61 Å². The summed E-state index contributed by atoms with van der Waals surface area (Å²) >= 11 is 0. The van der Waals surface area contributed by atoms with Crippen LogP contribution in [0.5, 0.6) is 5.75 Å². The van der Waals surface area contributed by atoms with E-state index < -0.39 is 9.84 Å². The number of sulfone groups is 1. The van der Waals surface area contributed by atoms with E-state index in [-0.39, 0.29) is 5.25 Å². The molecule has 0 bridgehead atoms. The quantitative estimate of drug-likeness (QED) is 0.361. The second kappa shape index (κ2) is 9.01. The van der Waals surface area contributed by atoms with E-state index in [0.717, 1.165) is 40.7 Å². The van der Waals surface area contributed by atoms with Crippen LogP contribution in [0.15, 0.2) is 41.4 Å². The van der Waals surface area contributed by atoms with Crippen LogP contribution >= 0.6 is 0 Å². The van der Waals surface area contributed by atoms with Gasteiger partial charge in [-0.1, -0.05) is 32.1 Å². The van der Waals surface area contributed by atoms with Crippen molar-refractivity contribution in [3.05, 3.63) is 42.2 Å². The van der Waals surface area contributed by atoms with Crippen molar-refractivity contribution in [3.63, 3.8) is 0 Å². The van der Waals surface area contributed by atoms with E-state index in [2.05, 4.69) is 4.98 Å². The number of hydrogen-bond acceptors (Lipinski definition) is 5. The van der Waals surface area contributed by atoms with Gasteiger partial charge in [-0.25, -0.2) is 13.4 Å². The van der Waals surface area contributed by atoms with Crippen molar-refractivity contribution in [2.24, 2.45) is 5.92 Å². The molecule has 2 fully saturated rings. The average molecular weight is 469 g/mol. The molecule has 33 heavy (non-hydrogen) atoms. The van der Waals surface area contributed by atoms with E-state index in [1.54, 1.807) is 25.3 Å². The number of rotatable bonds is 6. The zero-order valence-corrected chi connectivity index (χ0v) is 20.0. The summed E-state index contributed by atoms with van der Waals surface area (Å²) in [5.74, 6) is 1.66. The van der Waals surface area contributed by atoms with Crippen LogP contribution in [-0.2, 0) is 9.84 Å². The predicted octanol–water partition coefficient (Wildman–Crippen LogP) is 5.88. The zero-order valence-electron chi connectivity index (χ0n) is 19.2. The number of ether oxygens (including phenoxy) is 1. The van der Waals surface area contributed by atoms with E-state index in [9.17, 15) is 13.6 Å². The van der Waals surface area contributed by atoms with Crippen LogP contribution in [0.3, 0.4) is 0 Å². The maximum atomic E-state index is 13.2. The van der Waals surface area contributed by atoms with Crippen LogP contribution in [0.4, 0.5) is 0 Å². The van der Waals surface area contributed by atoms with Gasteiger partial charge in [-0.2, -0.15) is 4.73 Å². The molecule has 2 saturated carbocycles. The Balaban J connectivity index is 1.57. The third-order valence-corrected chi connectivity index (χ3v) is 9.63. The summed E-state index contributed by atoms with van der Waals surface area (Å²) in [5, 5.41) is 10.1. The molecule has 0 saturated heterocycles. The molecule has 0 atom stereocenters. The van der Waals surface area contributed by atoms with Crippen LogP contribution in [0.25, 0.3) is 22.5 Å². The molecule has 5 rings (SSSR count). The van der Waals surface area contributed by atoms with Crippen LogP contribution in [0.1, 0.15) is 63.5 Å². The van der Waals surface area contributed by atoms with E-state index in [1.807, 2.05) is 18.2 Å².